The molecule has 1 N–H and O–H groups in total. The van der Waals surface area contributed by atoms with E-state index in [1.165, 1.54) is 6.42 Å². The Morgan fingerprint density at radius 2 is 1.88 bits per heavy atom. The highest BCUT2D eigenvalue weighted by Crippen LogP contribution is 1.94. The van der Waals surface area contributed by atoms with Crippen LogP contribution in [0.5, 0.6) is 0 Å². The second kappa shape index (κ2) is 9.75. The van der Waals surface area contributed by atoms with Gasteiger partial charge in [0.2, 0.25) is 5.91 Å². The molecule has 0 radical (unpaired) electrons. The van der Waals surface area contributed by atoms with Crippen molar-refractivity contribution < 1.29 is 4.79 Å². The molecular formula is C13H23N3O. The predicted molar refractivity (Wildman–Crippen MR) is 69.5 cm³/mol. The molecule has 0 saturated carbocycles. The smallest absolute Gasteiger partial charge is 0.220 e. The van der Waals surface area contributed by atoms with Crippen LogP contribution in [0.2, 0.25) is 0 Å². The highest BCUT2D eigenvalue weighted by atomic mass is 16.1. The van der Waals surface area contributed by atoms with E-state index in [1.807, 2.05) is 13.8 Å². The third kappa shape index (κ3) is 8.37. The SMILES string of the molecule is CCC.CCCC(=O)NCc1cnc(C)cn1. The van der Waals surface area contributed by atoms with Gasteiger partial charge in [-0.15, -0.1) is 0 Å². The predicted octanol–water partition coefficient (Wildman–Crippen LogP) is 2.62. The third-order valence-electron chi connectivity index (χ3n) is 1.78. The van der Waals surface area contributed by atoms with Crippen LogP contribution in [0.25, 0.3) is 0 Å². The van der Waals surface area contributed by atoms with Crippen LogP contribution in [0.1, 0.15) is 51.4 Å². The molecule has 96 valence electrons. The van der Waals surface area contributed by atoms with Crippen molar-refractivity contribution in [3.05, 3.63) is 23.8 Å². The van der Waals surface area contributed by atoms with E-state index in [2.05, 4.69) is 29.1 Å². The fourth-order valence-electron chi connectivity index (χ4n) is 1.02. The van der Waals surface area contributed by atoms with Gasteiger partial charge in [-0.25, -0.2) is 0 Å². The molecule has 1 aromatic rings. The number of aryl methyl sites for hydroxylation is 1. The molecular weight excluding hydrogens is 214 g/mol. The van der Waals surface area contributed by atoms with E-state index in [-0.39, 0.29) is 5.91 Å². The maximum absolute atomic E-state index is 11.1. The number of carbonyl (C=O) groups excluding carboxylic acids is 1. The number of carbonyl (C=O) groups is 1. The number of aromatic nitrogens is 2. The van der Waals surface area contributed by atoms with Crippen molar-refractivity contribution in [1.29, 1.82) is 0 Å². The molecule has 4 nitrogen and oxygen atoms in total. The Hall–Kier alpha value is -1.45. The van der Waals surface area contributed by atoms with Gasteiger partial charge in [0.05, 0.1) is 24.1 Å². The molecule has 0 aliphatic heterocycles. The zero-order valence-corrected chi connectivity index (χ0v) is 11.3. The summed E-state index contributed by atoms with van der Waals surface area (Å²) in [6, 6.07) is 0. The molecule has 0 fully saturated rings. The number of nitrogens with zero attached hydrogens (tertiary/aromatic N) is 2. The Morgan fingerprint density at radius 1 is 1.24 bits per heavy atom. The molecule has 0 spiro atoms. The minimum Gasteiger partial charge on any atom is -0.350 e. The average Bonchev–Trinajstić information content (AvgIpc) is 2.30. The zero-order chi connectivity index (χ0) is 13.1. The lowest BCUT2D eigenvalue weighted by atomic mass is 10.3. The molecule has 1 heterocycles. The van der Waals surface area contributed by atoms with E-state index >= 15 is 0 Å². The molecule has 0 atom stereocenters. The Balaban J connectivity index is 0.000000770. The van der Waals surface area contributed by atoms with E-state index in [0.717, 1.165) is 17.8 Å². The van der Waals surface area contributed by atoms with Crippen molar-refractivity contribution in [1.82, 2.24) is 15.3 Å². The standard InChI is InChI=1S/C10H15N3O.C3H8/c1-3-4-10(14)13-7-9-6-11-8(2)5-12-9;1-3-2/h5-6H,3-4,7H2,1-2H3,(H,13,14);3H2,1-2H3. The molecule has 1 amide bonds. The largest absolute Gasteiger partial charge is 0.350 e. The molecule has 0 saturated heterocycles. The molecule has 17 heavy (non-hydrogen) atoms. The topological polar surface area (TPSA) is 54.9 Å². The summed E-state index contributed by atoms with van der Waals surface area (Å²) in [7, 11) is 0. The fourth-order valence-corrected chi connectivity index (χ4v) is 1.02. The van der Waals surface area contributed by atoms with Gasteiger partial charge in [-0.3, -0.25) is 14.8 Å². The lowest BCUT2D eigenvalue weighted by Gasteiger charge is -2.03. The van der Waals surface area contributed by atoms with Gasteiger partial charge in [-0.05, 0) is 13.3 Å². The molecule has 1 aromatic heterocycles. The van der Waals surface area contributed by atoms with Crippen molar-refractivity contribution in [3.63, 3.8) is 0 Å². The molecule has 0 aliphatic carbocycles. The summed E-state index contributed by atoms with van der Waals surface area (Å²) in [6.45, 7) is 8.57. The second-order valence-electron chi connectivity index (χ2n) is 3.88. The van der Waals surface area contributed by atoms with Gasteiger partial charge in [0.15, 0.2) is 0 Å². The Labute approximate surface area is 104 Å². The maximum atomic E-state index is 11.1. The number of rotatable bonds is 4. The van der Waals surface area contributed by atoms with Crippen LogP contribution in [-0.2, 0) is 11.3 Å². The van der Waals surface area contributed by atoms with Gasteiger partial charge in [0.25, 0.3) is 0 Å². The van der Waals surface area contributed by atoms with Gasteiger partial charge < -0.3 is 5.32 Å². The van der Waals surface area contributed by atoms with Gasteiger partial charge in [-0.1, -0.05) is 27.2 Å². The summed E-state index contributed by atoms with van der Waals surface area (Å²) < 4.78 is 0. The van der Waals surface area contributed by atoms with Crippen LogP contribution in [0.15, 0.2) is 12.4 Å². The van der Waals surface area contributed by atoms with E-state index < -0.39 is 0 Å². The van der Waals surface area contributed by atoms with Crippen molar-refractivity contribution in [2.24, 2.45) is 0 Å². The highest BCUT2D eigenvalue weighted by molar-refractivity contribution is 5.75. The molecule has 4 heteroatoms. The Bertz CT molecular complexity index is 309. The van der Waals surface area contributed by atoms with Gasteiger partial charge in [0, 0.05) is 12.6 Å². The normalized spacial score (nSPS) is 9.18. The summed E-state index contributed by atoms with van der Waals surface area (Å²) in [4.78, 5) is 19.3. The number of hydrogen-bond donors (Lipinski definition) is 1. The molecule has 0 aromatic carbocycles. The minimum atomic E-state index is 0.0647. The lowest BCUT2D eigenvalue weighted by molar-refractivity contribution is -0.121. The van der Waals surface area contributed by atoms with Crippen molar-refractivity contribution in [2.75, 3.05) is 0 Å². The Morgan fingerprint density at radius 3 is 2.35 bits per heavy atom. The first-order valence-electron chi connectivity index (χ1n) is 6.18. The third-order valence-corrected chi connectivity index (χ3v) is 1.78. The van der Waals surface area contributed by atoms with Crippen molar-refractivity contribution >= 4 is 5.91 Å². The van der Waals surface area contributed by atoms with Gasteiger partial charge in [-0.2, -0.15) is 0 Å². The van der Waals surface area contributed by atoms with E-state index in [9.17, 15) is 4.79 Å². The quantitative estimate of drug-likeness (QED) is 0.875. The van der Waals surface area contributed by atoms with Crippen molar-refractivity contribution in [3.8, 4) is 0 Å². The van der Waals surface area contributed by atoms with Crippen LogP contribution in [0.3, 0.4) is 0 Å². The summed E-state index contributed by atoms with van der Waals surface area (Å²) in [5.74, 6) is 0.0647. The Kier molecular flexibility index (Phi) is 8.92. The number of nitrogens with one attached hydrogen (secondary N) is 1. The molecule has 0 bridgehead atoms. The van der Waals surface area contributed by atoms with Gasteiger partial charge >= 0.3 is 0 Å². The maximum Gasteiger partial charge on any atom is 0.220 e. The van der Waals surface area contributed by atoms with Crippen LogP contribution in [0, 0.1) is 6.92 Å². The van der Waals surface area contributed by atoms with Gasteiger partial charge in [0.1, 0.15) is 0 Å². The summed E-state index contributed by atoms with van der Waals surface area (Å²) in [6.07, 6.45) is 6.06. The zero-order valence-electron chi connectivity index (χ0n) is 11.3. The first-order chi connectivity index (χ1) is 8.13. The fraction of sp³-hybridized carbons (Fsp3) is 0.615. The summed E-state index contributed by atoms with van der Waals surface area (Å²) >= 11 is 0. The van der Waals surface area contributed by atoms with E-state index in [1.54, 1.807) is 12.4 Å². The summed E-state index contributed by atoms with van der Waals surface area (Å²) in [5.41, 5.74) is 1.67. The summed E-state index contributed by atoms with van der Waals surface area (Å²) in [5, 5.41) is 2.78. The second-order valence-corrected chi connectivity index (χ2v) is 3.88. The first kappa shape index (κ1) is 15.6. The monoisotopic (exact) mass is 237 g/mol. The molecule has 0 unspecified atom stereocenters. The van der Waals surface area contributed by atoms with Crippen LogP contribution >= 0.6 is 0 Å². The van der Waals surface area contributed by atoms with E-state index in [4.69, 9.17) is 0 Å². The first-order valence-corrected chi connectivity index (χ1v) is 6.18. The van der Waals surface area contributed by atoms with Crippen LogP contribution in [0.4, 0.5) is 0 Å². The van der Waals surface area contributed by atoms with Crippen molar-refractivity contribution in [2.45, 2.75) is 53.5 Å². The minimum absolute atomic E-state index is 0.0647. The lowest BCUT2D eigenvalue weighted by Crippen LogP contribution is -2.22. The molecule has 0 aliphatic rings. The molecule has 1 rings (SSSR count). The van der Waals surface area contributed by atoms with E-state index in [0.29, 0.717) is 13.0 Å². The van der Waals surface area contributed by atoms with Crippen LogP contribution < -0.4 is 5.32 Å². The number of amides is 1. The number of hydrogen-bond acceptors (Lipinski definition) is 3. The van der Waals surface area contributed by atoms with Crippen LogP contribution in [-0.4, -0.2) is 15.9 Å². The highest BCUT2D eigenvalue weighted by Gasteiger charge is 1.99. The average molecular weight is 237 g/mol.